The Hall–Kier alpha value is -2.76. The van der Waals surface area contributed by atoms with Gasteiger partial charge in [-0.3, -0.25) is 14.6 Å². The highest BCUT2D eigenvalue weighted by Crippen LogP contribution is 2.21. The maximum atomic E-state index is 12.2. The lowest BCUT2D eigenvalue weighted by Crippen LogP contribution is -2.16. The Morgan fingerprint density at radius 1 is 1.09 bits per heavy atom. The molecule has 1 heterocycles. The van der Waals surface area contributed by atoms with Crippen molar-refractivity contribution < 1.29 is 9.59 Å². The lowest BCUT2D eigenvalue weighted by Gasteiger charge is -2.11. The summed E-state index contributed by atoms with van der Waals surface area (Å²) in [7, 11) is 0. The maximum Gasteiger partial charge on any atom is 0.275 e. The van der Waals surface area contributed by atoms with Gasteiger partial charge in [0.1, 0.15) is 5.69 Å². The zero-order valence-corrected chi connectivity index (χ0v) is 13.5. The minimum atomic E-state index is -0.336. The van der Waals surface area contributed by atoms with Gasteiger partial charge in [-0.25, -0.2) is 4.98 Å². The minimum Gasteiger partial charge on any atom is -0.326 e. The van der Waals surface area contributed by atoms with Gasteiger partial charge < -0.3 is 10.6 Å². The highest BCUT2D eigenvalue weighted by atomic mass is 16.2. The van der Waals surface area contributed by atoms with E-state index in [4.69, 9.17) is 0 Å². The third-order valence-electron chi connectivity index (χ3n) is 3.26. The molecule has 0 saturated heterocycles. The first kappa shape index (κ1) is 16.6. The summed E-state index contributed by atoms with van der Waals surface area (Å²) in [5.74, 6) is -0.379. The second kappa shape index (κ2) is 7.49. The fraction of sp³-hybridized carbons (Fsp3) is 0.294. The van der Waals surface area contributed by atoms with E-state index < -0.39 is 0 Å². The van der Waals surface area contributed by atoms with Crippen molar-refractivity contribution in [1.82, 2.24) is 9.97 Å². The van der Waals surface area contributed by atoms with Crippen LogP contribution < -0.4 is 10.6 Å². The average Bonchev–Trinajstić information content (AvgIpc) is 2.51. The summed E-state index contributed by atoms with van der Waals surface area (Å²) in [6.07, 6.45) is 4.23. The van der Waals surface area contributed by atoms with E-state index in [1.54, 1.807) is 19.2 Å². The molecule has 0 atom stereocenters. The number of rotatable bonds is 5. The minimum absolute atomic E-state index is 0.0435. The Bertz CT molecular complexity index is 711. The maximum absolute atomic E-state index is 12.2. The summed E-state index contributed by atoms with van der Waals surface area (Å²) < 4.78 is 0. The van der Waals surface area contributed by atoms with Crippen LogP contribution in [0, 0.1) is 13.8 Å². The van der Waals surface area contributed by atoms with Gasteiger partial charge in [-0.2, -0.15) is 0 Å². The van der Waals surface area contributed by atoms with Crippen LogP contribution in [-0.2, 0) is 4.79 Å². The van der Waals surface area contributed by atoms with Gasteiger partial charge in [-0.1, -0.05) is 13.0 Å². The fourth-order valence-corrected chi connectivity index (χ4v) is 1.98. The SMILES string of the molecule is CCCC(=O)Nc1ccc(C)c(NC(=O)c2cnc(C)cn2)c1. The predicted octanol–water partition coefficient (Wildman–Crippen LogP) is 3.08. The molecule has 1 aromatic heterocycles. The van der Waals surface area contributed by atoms with Crippen LogP contribution in [0.15, 0.2) is 30.6 Å². The second-order valence-electron chi connectivity index (χ2n) is 5.33. The van der Waals surface area contributed by atoms with Crippen molar-refractivity contribution in [3.8, 4) is 0 Å². The highest BCUT2D eigenvalue weighted by Gasteiger charge is 2.11. The lowest BCUT2D eigenvalue weighted by atomic mass is 10.1. The van der Waals surface area contributed by atoms with Crippen molar-refractivity contribution in [3.63, 3.8) is 0 Å². The summed E-state index contributed by atoms with van der Waals surface area (Å²) in [6, 6.07) is 5.39. The number of anilines is 2. The lowest BCUT2D eigenvalue weighted by molar-refractivity contribution is -0.116. The van der Waals surface area contributed by atoms with Crippen LogP contribution in [0.3, 0.4) is 0 Å². The molecule has 0 radical (unpaired) electrons. The number of benzene rings is 1. The third kappa shape index (κ3) is 4.60. The molecule has 2 N–H and O–H groups in total. The smallest absolute Gasteiger partial charge is 0.275 e. The van der Waals surface area contributed by atoms with Gasteiger partial charge >= 0.3 is 0 Å². The molecular formula is C17H20N4O2. The number of aromatic nitrogens is 2. The summed E-state index contributed by atoms with van der Waals surface area (Å²) >= 11 is 0. The molecule has 0 fully saturated rings. The zero-order chi connectivity index (χ0) is 16.8. The molecule has 1 aromatic carbocycles. The number of amides is 2. The van der Waals surface area contributed by atoms with Crippen LogP contribution in [-0.4, -0.2) is 21.8 Å². The zero-order valence-electron chi connectivity index (χ0n) is 13.5. The molecule has 2 amide bonds. The molecule has 0 bridgehead atoms. The normalized spacial score (nSPS) is 10.2. The Morgan fingerprint density at radius 2 is 1.87 bits per heavy atom. The second-order valence-corrected chi connectivity index (χ2v) is 5.33. The van der Waals surface area contributed by atoms with E-state index in [9.17, 15) is 9.59 Å². The molecule has 0 aliphatic carbocycles. The van der Waals surface area contributed by atoms with Crippen LogP contribution in [0.5, 0.6) is 0 Å². The highest BCUT2D eigenvalue weighted by molar-refractivity contribution is 6.03. The van der Waals surface area contributed by atoms with E-state index in [1.165, 1.54) is 6.20 Å². The number of nitrogens with one attached hydrogen (secondary N) is 2. The van der Waals surface area contributed by atoms with E-state index in [2.05, 4.69) is 20.6 Å². The quantitative estimate of drug-likeness (QED) is 0.888. The Labute approximate surface area is 135 Å². The van der Waals surface area contributed by atoms with Crippen LogP contribution in [0.1, 0.15) is 41.5 Å². The van der Waals surface area contributed by atoms with Gasteiger partial charge in [0.2, 0.25) is 5.91 Å². The molecule has 0 unspecified atom stereocenters. The van der Waals surface area contributed by atoms with E-state index in [0.29, 0.717) is 17.8 Å². The molecule has 6 heteroatoms. The van der Waals surface area contributed by atoms with E-state index in [-0.39, 0.29) is 17.5 Å². The van der Waals surface area contributed by atoms with Crippen LogP contribution in [0.2, 0.25) is 0 Å². The van der Waals surface area contributed by atoms with Gasteiger partial charge in [0.15, 0.2) is 0 Å². The molecular weight excluding hydrogens is 292 g/mol. The Balaban J connectivity index is 2.13. The monoisotopic (exact) mass is 312 g/mol. The first-order chi connectivity index (χ1) is 11.0. The largest absolute Gasteiger partial charge is 0.326 e. The number of aryl methyl sites for hydroxylation is 2. The van der Waals surface area contributed by atoms with Gasteiger partial charge in [0, 0.05) is 24.0 Å². The Morgan fingerprint density at radius 3 is 2.52 bits per heavy atom. The predicted molar refractivity (Wildman–Crippen MR) is 89.4 cm³/mol. The van der Waals surface area contributed by atoms with Crippen LogP contribution >= 0.6 is 0 Å². The number of nitrogens with zero attached hydrogens (tertiary/aromatic N) is 2. The molecule has 120 valence electrons. The van der Waals surface area contributed by atoms with Crippen LogP contribution in [0.25, 0.3) is 0 Å². The standard InChI is InChI=1S/C17H20N4O2/c1-4-5-16(22)20-13-7-6-11(2)14(8-13)21-17(23)15-10-18-12(3)9-19-15/h6-10H,4-5H2,1-3H3,(H,20,22)(H,21,23). The molecule has 0 aliphatic rings. The third-order valence-corrected chi connectivity index (χ3v) is 3.26. The van der Waals surface area contributed by atoms with E-state index in [1.807, 2.05) is 26.0 Å². The van der Waals surface area contributed by atoms with Crippen molar-refractivity contribution in [3.05, 3.63) is 47.5 Å². The van der Waals surface area contributed by atoms with Crippen molar-refractivity contribution in [2.45, 2.75) is 33.6 Å². The van der Waals surface area contributed by atoms with Crippen molar-refractivity contribution in [2.24, 2.45) is 0 Å². The van der Waals surface area contributed by atoms with E-state index >= 15 is 0 Å². The van der Waals surface area contributed by atoms with Crippen molar-refractivity contribution in [2.75, 3.05) is 10.6 Å². The number of hydrogen-bond donors (Lipinski definition) is 2. The Kier molecular flexibility index (Phi) is 5.41. The molecule has 0 spiro atoms. The fourth-order valence-electron chi connectivity index (χ4n) is 1.98. The van der Waals surface area contributed by atoms with Gasteiger partial charge in [-0.15, -0.1) is 0 Å². The van der Waals surface area contributed by atoms with Gasteiger partial charge in [-0.05, 0) is 38.0 Å². The number of carbonyl (C=O) groups is 2. The molecule has 0 aliphatic heterocycles. The topological polar surface area (TPSA) is 84.0 Å². The van der Waals surface area contributed by atoms with Gasteiger partial charge in [0.25, 0.3) is 5.91 Å². The first-order valence-corrected chi connectivity index (χ1v) is 7.50. The molecule has 23 heavy (non-hydrogen) atoms. The molecule has 2 rings (SSSR count). The van der Waals surface area contributed by atoms with Gasteiger partial charge in [0.05, 0.1) is 11.9 Å². The summed E-state index contributed by atoms with van der Waals surface area (Å²) in [5, 5.41) is 5.61. The first-order valence-electron chi connectivity index (χ1n) is 7.50. The van der Waals surface area contributed by atoms with Crippen LogP contribution in [0.4, 0.5) is 11.4 Å². The molecule has 6 nitrogen and oxygen atoms in total. The summed E-state index contributed by atoms with van der Waals surface area (Å²) in [6.45, 7) is 5.64. The summed E-state index contributed by atoms with van der Waals surface area (Å²) in [4.78, 5) is 32.0. The average molecular weight is 312 g/mol. The van der Waals surface area contributed by atoms with Crippen molar-refractivity contribution >= 4 is 23.2 Å². The van der Waals surface area contributed by atoms with Crippen molar-refractivity contribution in [1.29, 1.82) is 0 Å². The molecule has 2 aromatic rings. The molecule has 0 saturated carbocycles. The number of carbonyl (C=O) groups excluding carboxylic acids is 2. The number of hydrogen-bond acceptors (Lipinski definition) is 4. The van der Waals surface area contributed by atoms with E-state index in [0.717, 1.165) is 17.7 Å². The summed E-state index contributed by atoms with van der Waals surface area (Å²) in [5.41, 5.74) is 3.17.